The van der Waals surface area contributed by atoms with E-state index in [0.29, 0.717) is 12.6 Å². The fourth-order valence-electron chi connectivity index (χ4n) is 1.60. The van der Waals surface area contributed by atoms with Crippen LogP contribution in [-0.2, 0) is 0 Å². The normalized spacial score (nSPS) is 14.6. The van der Waals surface area contributed by atoms with Crippen molar-refractivity contribution in [1.82, 2.24) is 5.32 Å². The van der Waals surface area contributed by atoms with Crippen molar-refractivity contribution in [3.05, 3.63) is 35.6 Å². The van der Waals surface area contributed by atoms with Gasteiger partial charge in [0.05, 0.1) is 6.10 Å². The number of benzene rings is 1. The summed E-state index contributed by atoms with van der Waals surface area (Å²) in [7, 11) is 0. The molecule has 0 aliphatic rings. The summed E-state index contributed by atoms with van der Waals surface area (Å²) in [6, 6.07) is 6.41. The molecule has 2 N–H and O–H groups in total. The maximum atomic E-state index is 12.7. The van der Waals surface area contributed by atoms with Gasteiger partial charge in [-0.05, 0) is 30.4 Å². The average molecular weight is 257 g/mol. The van der Waals surface area contributed by atoms with Crippen LogP contribution in [0, 0.1) is 5.82 Å². The average Bonchev–Trinajstić information content (AvgIpc) is 2.35. The molecule has 2 unspecified atom stereocenters. The Hall–Kier alpha value is -0.580. The Kier molecular flexibility index (Phi) is 6.55. The summed E-state index contributed by atoms with van der Waals surface area (Å²) in [5.74, 6) is 0.759. The van der Waals surface area contributed by atoms with Crippen LogP contribution in [0.2, 0.25) is 0 Å². The van der Waals surface area contributed by atoms with Crippen LogP contribution in [0.15, 0.2) is 24.3 Å². The second-order valence-electron chi connectivity index (χ2n) is 4.04. The molecule has 0 spiro atoms. The first-order chi connectivity index (χ1) is 8.17. The lowest BCUT2D eigenvalue weighted by molar-refractivity contribution is 0.170. The molecule has 0 aliphatic heterocycles. The zero-order valence-corrected chi connectivity index (χ0v) is 11.1. The largest absolute Gasteiger partial charge is 0.387 e. The maximum absolute atomic E-state index is 12.7. The molecule has 0 heterocycles. The van der Waals surface area contributed by atoms with E-state index in [9.17, 15) is 9.50 Å². The van der Waals surface area contributed by atoms with Crippen LogP contribution in [0.1, 0.15) is 25.0 Å². The number of aliphatic hydroxyl groups excluding tert-OH is 1. The Balaban J connectivity index is 2.43. The van der Waals surface area contributed by atoms with Crippen molar-refractivity contribution in [1.29, 1.82) is 0 Å². The van der Waals surface area contributed by atoms with Crippen molar-refractivity contribution >= 4 is 11.8 Å². The Bertz CT molecular complexity index is 318. The molecule has 0 saturated heterocycles. The van der Waals surface area contributed by atoms with Crippen molar-refractivity contribution in [2.75, 3.05) is 18.6 Å². The van der Waals surface area contributed by atoms with Crippen LogP contribution in [0.4, 0.5) is 4.39 Å². The second kappa shape index (κ2) is 7.69. The Labute approximate surface area is 107 Å². The molecular formula is C13H20FNOS. The van der Waals surface area contributed by atoms with Gasteiger partial charge < -0.3 is 10.4 Å². The summed E-state index contributed by atoms with van der Waals surface area (Å²) in [5.41, 5.74) is 0.748. The molecule has 0 aromatic heterocycles. The van der Waals surface area contributed by atoms with E-state index in [1.807, 2.05) is 0 Å². The Morgan fingerprint density at radius 1 is 1.35 bits per heavy atom. The van der Waals surface area contributed by atoms with E-state index in [2.05, 4.69) is 18.5 Å². The lowest BCUT2D eigenvalue weighted by Crippen LogP contribution is -2.34. The zero-order valence-electron chi connectivity index (χ0n) is 10.3. The van der Waals surface area contributed by atoms with Gasteiger partial charge in [-0.25, -0.2) is 4.39 Å². The minimum absolute atomic E-state index is 0.275. The number of rotatable bonds is 7. The van der Waals surface area contributed by atoms with Gasteiger partial charge >= 0.3 is 0 Å². The summed E-state index contributed by atoms with van der Waals surface area (Å²) < 4.78 is 12.7. The Morgan fingerprint density at radius 2 is 2.00 bits per heavy atom. The molecule has 2 nitrogen and oxygen atoms in total. The van der Waals surface area contributed by atoms with E-state index in [-0.39, 0.29) is 5.82 Å². The van der Waals surface area contributed by atoms with Gasteiger partial charge in [-0.15, -0.1) is 0 Å². The highest BCUT2D eigenvalue weighted by atomic mass is 32.2. The van der Waals surface area contributed by atoms with E-state index in [0.717, 1.165) is 17.7 Å². The quantitative estimate of drug-likeness (QED) is 0.787. The summed E-state index contributed by atoms with van der Waals surface area (Å²) in [6.45, 7) is 2.63. The number of nitrogens with one attached hydrogen (secondary N) is 1. The molecule has 0 bridgehead atoms. The van der Waals surface area contributed by atoms with Crippen LogP contribution >= 0.6 is 11.8 Å². The number of hydrogen-bond donors (Lipinski definition) is 2. The predicted octanol–water partition coefficient (Wildman–Crippen LogP) is 2.59. The molecular weight excluding hydrogens is 237 g/mol. The zero-order chi connectivity index (χ0) is 12.7. The summed E-state index contributed by atoms with van der Waals surface area (Å²) in [6.07, 6.45) is 2.53. The van der Waals surface area contributed by atoms with Crippen molar-refractivity contribution in [3.63, 3.8) is 0 Å². The number of hydrogen-bond acceptors (Lipinski definition) is 3. The van der Waals surface area contributed by atoms with E-state index in [1.54, 1.807) is 23.9 Å². The standard InChI is InChI=1S/C13H20FNOS/c1-3-12(9-17-2)15-8-13(16)10-4-6-11(14)7-5-10/h4-7,12-13,15-16H,3,8-9H2,1-2H3. The van der Waals surface area contributed by atoms with Crippen molar-refractivity contribution in [2.45, 2.75) is 25.5 Å². The van der Waals surface area contributed by atoms with Gasteiger partial charge in [0, 0.05) is 18.3 Å². The molecule has 0 radical (unpaired) electrons. The first kappa shape index (κ1) is 14.5. The van der Waals surface area contributed by atoms with Gasteiger partial charge in [0.25, 0.3) is 0 Å². The van der Waals surface area contributed by atoms with Gasteiger partial charge in [-0.1, -0.05) is 19.1 Å². The third-order valence-corrected chi connectivity index (χ3v) is 3.45. The molecule has 0 saturated carbocycles. The fraction of sp³-hybridized carbons (Fsp3) is 0.538. The SMILES string of the molecule is CCC(CSC)NCC(O)c1ccc(F)cc1. The number of aliphatic hydroxyl groups is 1. The van der Waals surface area contributed by atoms with Crippen molar-refractivity contribution in [3.8, 4) is 0 Å². The van der Waals surface area contributed by atoms with E-state index in [1.165, 1.54) is 12.1 Å². The van der Waals surface area contributed by atoms with Crippen molar-refractivity contribution in [2.24, 2.45) is 0 Å². The van der Waals surface area contributed by atoms with Gasteiger partial charge in [0.15, 0.2) is 0 Å². The van der Waals surface area contributed by atoms with Gasteiger partial charge in [0.1, 0.15) is 5.82 Å². The molecule has 1 rings (SSSR count). The molecule has 4 heteroatoms. The topological polar surface area (TPSA) is 32.3 Å². The van der Waals surface area contributed by atoms with E-state index >= 15 is 0 Å². The second-order valence-corrected chi connectivity index (χ2v) is 4.95. The van der Waals surface area contributed by atoms with Gasteiger partial charge in [-0.3, -0.25) is 0 Å². The highest BCUT2D eigenvalue weighted by molar-refractivity contribution is 7.98. The Morgan fingerprint density at radius 3 is 2.53 bits per heavy atom. The summed E-state index contributed by atoms with van der Waals surface area (Å²) >= 11 is 1.79. The molecule has 0 amide bonds. The molecule has 2 atom stereocenters. The molecule has 1 aromatic rings. The van der Waals surface area contributed by atoms with Gasteiger partial charge in [0.2, 0.25) is 0 Å². The predicted molar refractivity (Wildman–Crippen MR) is 71.8 cm³/mol. The molecule has 96 valence electrons. The molecule has 17 heavy (non-hydrogen) atoms. The third-order valence-electron chi connectivity index (χ3n) is 2.72. The molecule has 0 fully saturated rings. The third kappa shape index (κ3) is 5.06. The number of thioether (sulfide) groups is 1. The summed E-state index contributed by atoms with van der Waals surface area (Å²) in [5, 5.41) is 13.3. The lowest BCUT2D eigenvalue weighted by atomic mass is 10.1. The van der Waals surface area contributed by atoms with Crippen LogP contribution in [0.5, 0.6) is 0 Å². The van der Waals surface area contributed by atoms with Crippen LogP contribution in [0.25, 0.3) is 0 Å². The first-order valence-corrected chi connectivity index (χ1v) is 7.22. The maximum Gasteiger partial charge on any atom is 0.123 e. The van der Waals surface area contributed by atoms with E-state index < -0.39 is 6.10 Å². The van der Waals surface area contributed by atoms with Crippen molar-refractivity contribution < 1.29 is 9.50 Å². The molecule has 0 aliphatic carbocycles. The minimum atomic E-state index is -0.577. The van der Waals surface area contributed by atoms with Gasteiger partial charge in [-0.2, -0.15) is 11.8 Å². The monoisotopic (exact) mass is 257 g/mol. The highest BCUT2D eigenvalue weighted by Gasteiger charge is 2.10. The molecule has 1 aromatic carbocycles. The smallest absolute Gasteiger partial charge is 0.123 e. The fourth-order valence-corrected chi connectivity index (χ4v) is 2.36. The number of halogens is 1. The van der Waals surface area contributed by atoms with Crippen LogP contribution in [-0.4, -0.2) is 29.7 Å². The van der Waals surface area contributed by atoms with Crippen LogP contribution < -0.4 is 5.32 Å². The minimum Gasteiger partial charge on any atom is -0.387 e. The van der Waals surface area contributed by atoms with E-state index in [4.69, 9.17) is 0 Å². The van der Waals surface area contributed by atoms with Crippen LogP contribution in [0.3, 0.4) is 0 Å². The summed E-state index contributed by atoms with van der Waals surface area (Å²) in [4.78, 5) is 0. The lowest BCUT2D eigenvalue weighted by Gasteiger charge is -2.18. The highest BCUT2D eigenvalue weighted by Crippen LogP contribution is 2.13. The first-order valence-electron chi connectivity index (χ1n) is 5.83.